The van der Waals surface area contributed by atoms with Crippen LogP contribution in [0.4, 0.5) is 4.79 Å². The Morgan fingerprint density at radius 1 is 1.25 bits per heavy atom. The molecule has 6 heteroatoms. The van der Waals surface area contributed by atoms with Gasteiger partial charge in [0.05, 0.1) is 6.42 Å². The summed E-state index contributed by atoms with van der Waals surface area (Å²) in [6.07, 6.45) is 5.16. The van der Waals surface area contributed by atoms with E-state index >= 15 is 0 Å². The number of amides is 4. The highest BCUT2D eigenvalue weighted by molar-refractivity contribution is 6.07. The molecule has 1 heterocycles. The number of hydrogen-bond donors (Lipinski definition) is 2. The number of imide groups is 1. The molecule has 2 aliphatic rings. The van der Waals surface area contributed by atoms with Crippen LogP contribution < -0.4 is 10.7 Å². The molecule has 1 fully saturated rings. The fourth-order valence-electron chi connectivity index (χ4n) is 3.27. The normalized spacial score (nSPS) is 23.0. The molecule has 0 saturated carbocycles. The zero-order valence-corrected chi connectivity index (χ0v) is 14.1. The van der Waals surface area contributed by atoms with Crippen molar-refractivity contribution in [2.75, 3.05) is 0 Å². The van der Waals surface area contributed by atoms with Crippen molar-refractivity contribution in [1.82, 2.24) is 15.8 Å². The van der Waals surface area contributed by atoms with Crippen molar-refractivity contribution >= 4 is 17.8 Å². The molecule has 1 aromatic rings. The van der Waals surface area contributed by atoms with Crippen molar-refractivity contribution in [3.05, 3.63) is 34.9 Å². The van der Waals surface area contributed by atoms with Crippen LogP contribution in [-0.4, -0.2) is 28.4 Å². The van der Waals surface area contributed by atoms with Crippen molar-refractivity contribution in [2.24, 2.45) is 0 Å². The van der Waals surface area contributed by atoms with Crippen LogP contribution in [0.25, 0.3) is 0 Å². The van der Waals surface area contributed by atoms with Crippen LogP contribution in [0, 0.1) is 0 Å². The number of carbonyl (C=O) groups excluding carboxylic acids is 3. The Kier molecular flexibility index (Phi) is 4.30. The maximum Gasteiger partial charge on any atom is 0.344 e. The van der Waals surface area contributed by atoms with E-state index in [9.17, 15) is 14.4 Å². The molecule has 128 valence electrons. The Bertz CT molecular complexity index is 701. The van der Waals surface area contributed by atoms with Crippen molar-refractivity contribution in [2.45, 2.75) is 57.9 Å². The standard InChI is InChI=1S/C18H23N3O3/c1-3-18(2)16(23)21(17(24)19-18)20-15(22)11-12-8-9-13-6-4-5-7-14(13)10-12/h8-10H,3-7,11H2,1-2H3,(H,19,24)(H,20,22). The molecule has 6 nitrogen and oxygen atoms in total. The predicted octanol–water partition coefficient (Wildman–Crippen LogP) is 1.86. The van der Waals surface area contributed by atoms with Gasteiger partial charge in [-0.25, -0.2) is 4.79 Å². The summed E-state index contributed by atoms with van der Waals surface area (Å²) in [4.78, 5) is 36.4. The van der Waals surface area contributed by atoms with Gasteiger partial charge in [-0.1, -0.05) is 25.1 Å². The Balaban J connectivity index is 1.66. The summed E-state index contributed by atoms with van der Waals surface area (Å²) >= 11 is 0. The molecule has 1 aromatic carbocycles. The molecule has 0 spiro atoms. The molecule has 2 N–H and O–H groups in total. The van der Waals surface area contributed by atoms with Crippen LogP contribution in [0.3, 0.4) is 0 Å². The molecule has 1 aliphatic carbocycles. The minimum Gasteiger partial charge on any atom is -0.322 e. The first-order chi connectivity index (χ1) is 11.4. The molecule has 0 aromatic heterocycles. The van der Waals surface area contributed by atoms with Gasteiger partial charge in [0.15, 0.2) is 0 Å². The van der Waals surface area contributed by atoms with E-state index in [1.54, 1.807) is 6.92 Å². The monoisotopic (exact) mass is 329 g/mol. The highest BCUT2D eigenvalue weighted by Gasteiger charge is 2.47. The number of fused-ring (bicyclic) bond motifs is 1. The molecule has 24 heavy (non-hydrogen) atoms. The quantitative estimate of drug-likeness (QED) is 0.828. The SMILES string of the molecule is CCC1(C)NC(=O)N(NC(=O)Cc2ccc3c(c2)CCCC3)C1=O. The Morgan fingerprint density at radius 2 is 1.96 bits per heavy atom. The third-order valence-electron chi connectivity index (χ3n) is 4.98. The van der Waals surface area contributed by atoms with E-state index in [0.717, 1.165) is 23.4 Å². The fourth-order valence-corrected chi connectivity index (χ4v) is 3.27. The lowest BCUT2D eigenvalue weighted by atomic mass is 9.90. The number of hydrogen-bond acceptors (Lipinski definition) is 3. The van der Waals surface area contributed by atoms with Gasteiger partial charge in [-0.3, -0.25) is 15.0 Å². The second-order valence-corrected chi connectivity index (χ2v) is 6.78. The third kappa shape index (κ3) is 3.00. The Hall–Kier alpha value is -2.37. The van der Waals surface area contributed by atoms with Gasteiger partial charge in [-0.05, 0) is 55.7 Å². The molecule has 1 aliphatic heterocycles. The lowest BCUT2D eigenvalue weighted by Gasteiger charge is -2.19. The van der Waals surface area contributed by atoms with Crippen LogP contribution in [0.5, 0.6) is 0 Å². The molecule has 1 atom stereocenters. The van der Waals surface area contributed by atoms with E-state index in [-0.39, 0.29) is 12.3 Å². The highest BCUT2D eigenvalue weighted by atomic mass is 16.2. The summed E-state index contributed by atoms with van der Waals surface area (Å²) in [6, 6.07) is 5.52. The second-order valence-electron chi connectivity index (χ2n) is 6.78. The number of nitrogens with one attached hydrogen (secondary N) is 2. The van der Waals surface area contributed by atoms with Gasteiger partial charge in [0.25, 0.3) is 5.91 Å². The van der Waals surface area contributed by atoms with Gasteiger partial charge in [-0.15, -0.1) is 0 Å². The maximum atomic E-state index is 12.3. The maximum absolute atomic E-state index is 12.3. The molecule has 1 unspecified atom stereocenters. The number of aryl methyl sites for hydroxylation is 2. The minimum atomic E-state index is -0.948. The number of carbonyl (C=O) groups is 3. The van der Waals surface area contributed by atoms with Crippen LogP contribution in [0.2, 0.25) is 0 Å². The van der Waals surface area contributed by atoms with Gasteiger partial charge in [-0.2, -0.15) is 5.01 Å². The molecular formula is C18H23N3O3. The zero-order chi connectivity index (χ0) is 17.3. The van der Waals surface area contributed by atoms with Crippen molar-refractivity contribution in [3.8, 4) is 0 Å². The topological polar surface area (TPSA) is 78.5 Å². The molecule has 0 bridgehead atoms. The van der Waals surface area contributed by atoms with Crippen LogP contribution in [0.15, 0.2) is 18.2 Å². The lowest BCUT2D eigenvalue weighted by molar-refractivity contribution is -0.138. The minimum absolute atomic E-state index is 0.146. The largest absolute Gasteiger partial charge is 0.344 e. The number of benzene rings is 1. The second kappa shape index (κ2) is 6.26. The molecule has 4 amide bonds. The zero-order valence-electron chi connectivity index (χ0n) is 14.1. The van der Waals surface area contributed by atoms with E-state index in [0.29, 0.717) is 6.42 Å². The van der Waals surface area contributed by atoms with E-state index in [4.69, 9.17) is 0 Å². The van der Waals surface area contributed by atoms with E-state index in [1.165, 1.54) is 24.0 Å². The summed E-state index contributed by atoms with van der Waals surface area (Å²) in [5.41, 5.74) is 5.05. The number of urea groups is 1. The summed E-state index contributed by atoms with van der Waals surface area (Å²) in [7, 11) is 0. The van der Waals surface area contributed by atoms with E-state index in [2.05, 4.69) is 22.9 Å². The molecule has 3 rings (SSSR count). The van der Waals surface area contributed by atoms with Gasteiger partial charge < -0.3 is 5.32 Å². The van der Waals surface area contributed by atoms with E-state index < -0.39 is 17.5 Å². The third-order valence-corrected chi connectivity index (χ3v) is 4.98. The van der Waals surface area contributed by atoms with Crippen LogP contribution in [0.1, 0.15) is 49.8 Å². The summed E-state index contributed by atoms with van der Waals surface area (Å²) in [5.74, 6) is -0.789. The van der Waals surface area contributed by atoms with Gasteiger partial charge >= 0.3 is 6.03 Å². The van der Waals surface area contributed by atoms with Gasteiger partial charge in [0.2, 0.25) is 5.91 Å². The first kappa shape index (κ1) is 16.5. The van der Waals surface area contributed by atoms with Gasteiger partial charge in [0.1, 0.15) is 5.54 Å². The average molecular weight is 329 g/mol. The van der Waals surface area contributed by atoms with Crippen molar-refractivity contribution in [1.29, 1.82) is 0 Å². The number of hydrazine groups is 1. The number of rotatable bonds is 4. The fraction of sp³-hybridized carbons (Fsp3) is 0.500. The lowest BCUT2D eigenvalue weighted by Crippen LogP contribution is -2.49. The Labute approximate surface area is 141 Å². The highest BCUT2D eigenvalue weighted by Crippen LogP contribution is 2.23. The summed E-state index contributed by atoms with van der Waals surface area (Å²) in [6.45, 7) is 3.47. The van der Waals surface area contributed by atoms with Crippen molar-refractivity contribution in [3.63, 3.8) is 0 Å². The van der Waals surface area contributed by atoms with E-state index in [1.807, 2.05) is 13.0 Å². The molecular weight excluding hydrogens is 306 g/mol. The van der Waals surface area contributed by atoms with Crippen LogP contribution in [-0.2, 0) is 28.9 Å². The number of nitrogens with zero attached hydrogens (tertiary/aromatic N) is 1. The first-order valence-corrected chi connectivity index (χ1v) is 8.50. The van der Waals surface area contributed by atoms with Crippen LogP contribution >= 0.6 is 0 Å². The summed E-state index contributed by atoms with van der Waals surface area (Å²) < 4.78 is 0. The predicted molar refractivity (Wildman–Crippen MR) is 89.0 cm³/mol. The Morgan fingerprint density at radius 3 is 2.62 bits per heavy atom. The van der Waals surface area contributed by atoms with Crippen molar-refractivity contribution < 1.29 is 14.4 Å². The first-order valence-electron chi connectivity index (χ1n) is 8.50. The average Bonchev–Trinajstić information content (AvgIpc) is 2.78. The molecule has 1 saturated heterocycles. The smallest absolute Gasteiger partial charge is 0.322 e. The summed E-state index contributed by atoms with van der Waals surface area (Å²) in [5, 5.41) is 3.41. The molecule has 0 radical (unpaired) electrons. The van der Waals surface area contributed by atoms with Gasteiger partial charge in [0, 0.05) is 0 Å².